The number of allylic oxidation sites excluding steroid dienone is 5. The molecule has 0 aromatic rings. The molecule has 0 heterocycles. The largest absolute Gasteiger partial charge is 0.138 e. The van der Waals surface area contributed by atoms with Gasteiger partial charge in [-0.3, -0.25) is 0 Å². The average Bonchev–Trinajstić information content (AvgIpc) is 2.33. The van der Waals surface area contributed by atoms with E-state index in [2.05, 4.69) is 0 Å². The molecule has 0 spiro atoms. The van der Waals surface area contributed by atoms with Crippen molar-refractivity contribution in [2.24, 2.45) is 0 Å². The van der Waals surface area contributed by atoms with Crippen molar-refractivity contribution in [1.82, 2.24) is 0 Å². The van der Waals surface area contributed by atoms with E-state index in [4.69, 9.17) is 0 Å². The van der Waals surface area contributed by atoms with Crippen molar-refractivity contribution in [3.05, 3.63) is 35.8 Å². The van der Waals surface area contributed by atoms with Crippen LogP contribution in [0.15, 0.2) is 35.8 Å². The Hall–Kier alpha value is -0.430. The first kappa shape index (κ1) is 24.0. The van der Waals surface area contributed by atoms with Crippen LogP contribution in [0.25, 0.3) is 0 Å². The SMILES string of the molecule is C/C=C\C=C/C.C/C=C\SC.CC.CC. The van der Waals surface area contributed by atoms with Gasteiger partial charge >= 0.3 is 0 Å². The maximum atomic E-state index is 2.04. The summed E-state index contributed by atoms with van der Waals surface area (Å²) >= 11 is 1.72. The van der Waals surface area contributed by atoms with E-state index in [9.17, 15) is 0 Å². The molecule has 92 valence electrons. The van der Waals surface area contributed by atoms with Crippen molar-refractivity contribution < 1.29 is 0 Å². The van der Waals surface area contributed by atoms with Gasteiger partial charge in [0, 0.05) is 0 Å². The van der Waals surface area contributed by atoms with Crippen molar-refractivity contribution in [2.45, 2.75) is 48.5 Å². The van der Waals surface area contributed by atoms with Crippen LogP contribution in [0, 0.1) is 0 Å². The van der Waals surface area contributed by atoms with E-state index >= 15 is 0 Å². The van der Waals surface area contributed by atoms with Crippen LogP contribution in [0.1, 0.15) is 48.5 Å². The third kappa shape index (κ3) is 87.0. The fourth-order valence-corrected chi connectivity index (χ4v) is 0.630. The molecule has 0 aromatic carbocycles. The van der Waals surface area contributed by atoms with Crippen LogP contribution in [0.5, 0.6) is 0 Å². The Morgan fingerprint density at radius 1 is 0.667 bits per heavy atom. The third-order valence-corrected chi connectivity index (χ3v) is 1.31. The summed E-state index contributed by atoms with van der Waals surface area (Å²) in [6.07, 6.45) is 12.1. The molecule has 0 unspecified atom stereocenters. The van der Waals surface area contributed by atoms with E-state index in [1.165, 1.54) is 0 Å². The second kappa shape index (κ2) is 49.7. The van der Waals surface area contributed by atoms with Crippen molar-refractivity contribution >= 4 is 11.8 Å². The fraction of sp³-hybridized carbons (Fsp3) is 0.571. The van der Waals surface area contributed by atoms with Gasteiger partial charge in [0.15, 0.2) is 0 Å². The number of rotatable bonds is 2. The van der Waals surface area contributed by atoms with E-state index < -0.39 is 0 Å². The molecule has 15 heavy (non-hydrogen) atoms. The highest BCUT2D eigenvalue weighted by atomic mass is 32.2. The quantitative estimate of drug-likeness (QED) is 0.518. The minimum atomic E-state index is 1.72. The molecule has 0 aliphatic heterocycles. The zero-order valence-electron chi connectivity index (χ0n) is 11.9. The van der Waals surface area contributed by atoms with Gasteiger partial charge in [-0.15, -0.1) is 11.8 Å². The summed E-state index contributed by atoms with van der Waals surface area (Å²) in [4.78, 5) is 0. The van der Waals surface area contributed by atoms with E-state index in [1.54, 1.807) is 11.8 Å². The predicted octanol–water partition coefficient (Wildman–Crippen LogP) is 6.07. The molecule has 0 N–H and O–H groups in total. The van der Waals surface area contributed by atoms with E-state index in [1.807, 2.05) is 90.5 Å². The molecule has 0 aliphatic carbocycles. The lowest BCUT2D eigenvalue weighted by atomic mass is 10.5. The van der Waals surface area contributed by atoms with Crippen LogP contribution in [0.3, 0.4) is 0 Å². The molecule has 0 aromatic heterocycles. The summed E-state index contributed by atoms with van der Waals surface area (Å²) in [6, 6.07) is 0. The van der Waals surface area contributed by atoms with Crippen molar-refractivity contribution in [3.8, 4) is 0 Å². The number of hydrogen-bond donors (Lipinski definition) is 0. The maximum Gasteiger partial charge on any atom is -0.0142 e. The maximum absolute atomic E-state index is 2.04. The molecule has 0 atom stereocenters. The van der Waals surface area contributed by atoms with E-state index in [0.29, 0.717) is 0 Å². The first-order valence-electron chi connectivity index (χ1n) is 5.71. The Balaban J connectivity index is -0.0000000610. The Morgan fingerprint density at radius 2 is 1.00 bits per heavy atom. The Morgan fingerprint density at radius 3 is 1.07 bits per heavy atom. The summed E-state index contributed by atoms with van der Waals surface area (Å²) in [5.74, 6) is 0. The van der Waals surface area contributed by atoms with Gasteiger partial charge in [0.2, 0.25) is 0 Å². The molecule has 0 rings (SSSR count). The predicted molar refractivity (Wildman–Crippen MR) is 80.7 cm³/mol. The normalized spacial score (nSPS) is 8.80. The zero-order valence-corrected chi connectivity index (χ0v) is 12.7. The molecule has 0 radical (unpaired) electrons. The summed E-state index contributed by atoms with van der Waals surface area (Å²) in [5.41, 5.74) is 0. The number of hydrogen-bond acceptors (Lipinski definition) is 1. The Labute approximate surface area is 103 Å². The van der Waals surface area contributed by atoms with Crippen molar-refractivity contribution in [3.63, 3.8) is 0 Å². The highest BCUT2D eigenvalue weighted by molar-refractivity contribution is 8.01. The first-order chi connectivity index (χ1) is 7.33. The van der Waals surface area contributed by atoms with Crippen LogP contribution in [-0.2, 0) is 0 Å². The van der Waals surface area contributed by atoms with Gasteiger partial charge in [0.1, 0.15) is 0 Å². The van der Waals surface area contributed by atoms with Gasteiger partial charge in [-0.2, -0.15) is 0 Å². The average molecular weight is 230 g/mol. The molecule has 0 saturated heterocycles. The smallest absolute Gasteiger partial charge is 0.0142 e. The van der Waals surface area contributed by atoms with E-state index in [0.717, 1.165) is 0 Å². The van der Waals surface area contributed by atoms with E-state index in [-0.39, 0.29) is 0 Å². The zero-order chi connectivity index (χ0) is 12.9. The lowest BCUT2D eigenvalue weighted by molar-refractivity contribution is 1.50. The highest BCUT2D eigenvalue weighted by Crippen LogP contribution is 1.89. The lowest BCUT2D eigenvalue weighted by Crippen LogP contribution is -1.40. The van der Waals surface area contributed by atoms with Gasteiger partial charge in [-0.05, 0) is 32.4 Å². The van der Waals surface area contributed by atoms with Gasteiger partial charge in [-0.25, -0.2) is 0 Å². The van der Waals surface area contributed by atoms with Crippen LogP contribution in [0.4, 0.5) is 0 Å². The molecule has 0 aliphatic rings. The molecule has 0 bridgehead atoms. The van der Waals surface area contributed by atoms with Gasteiger partial charge in [0.05, 0.1) is 0 Å². The van der Waals surface area contributed by atoms with Crippen molar-refractivity contribution in [2.75, 3.05) is 6.26 Å². The third-order valence-electron chi connectivity index (χ3n) is 0.768. The Bertz CT molecular complexity index is 111. The molecule has 1 heteroatoms. The summed E-state index contributed by atoms with van der Waals surface area (Å²) < 4.78 is 0. The van der Waals surface area contributed by atoms with Crippen LogP contribution in [-0.4, -0.2) is 6.26 Å². The second-order valence-electron chi connectivity index (χ2n) is 1.76. The molecular formula is C14H30S. The topological polar surface area (TPSA) is 0 Å². The molecular weight excluding hydrogens is 200 g/mol. The molecule has 0 saturated carbocycles. The monoisotopic (exact) mass is 230 g/mol. The minimum Gasteiger partial charge on any atom is -0.138 e. The van der Waals surface area contributed by atoms with Gasteiger partial charge in [0.25, 0.3) is 0 Å². The molecule has 0 amide bonds. The van der Waals surface area contributed by atoms with Gasteiger partial charge < -0.3 is 0 Å². The van der Waals surface area contributed by atoms with Crippen LogP contribution >= 0.6 is 11.8 Å². The summed E-state index contributed by atoms with van der Waals surface area (Å²) in [7, 11) is 0. The Kier molecular flexibility index (Phi) is 79.5. The van der Waals surface area contributed by atoms with Crippen LogP contribution in [0.2, 0.25) is 0 Å². The first-order valence-corrected chi connectivity index (χ1v) is 7.00. The van der Waals surface area contributed by atoms with Crippen molar-refractivity contribution in [1.29, 1.82) is 0 Å². The van der Waals surface area contributed by atoms with Crippen LogP contribution < -0.4 is 0 Å². The molecule has 0 nitrogen and oxygen atoms in total. The standard InChI is InChI=1S/C6H10.C4H8S.2C2H6/c1-3-5-6-4-2;1-3-4-5-2;2*1-2/h3-6H,1-2H3;3-4H,1-2H3;2*1-2H3/b5-3-,6-4-;4-3-;;. The fourth-order valence-electron chi connectivity index (χ4n) is 0.358. The summed E-state index contributed by atoms with van der Waals surface area (Å²) in [5, 5.41) is 2.04. The summed E-state index contributed by atoms with van der Waals surface area (Å²) in [6.45, 7) is 14.0. The lowest BCUT2D eigenvalue weighted by Gasteiger charge is -1.66. The minimum absolute atomic E-state index is 1.72. The molecule has 0 fully saturated rings. The number of thioether (sulfide) groups is 1. The second-order valence-corrected chi connectivity index (χ2v) is 2.50. The van der Waals surface area contributed by atoms with Gasteiger partial charge in [-0.1, -0.05) is 58.1 Å². The highest BCUT2D eigenvalue weighted by Gasteiger charge is 1.51.